The molecule has 0 aliphatic carbocycles. The Labute approximate surface area is 173 Å². The maximum absolute atomic E-state index is 13.7. The van der Waals surface area contributed by atoms with Gasteiger partial charge in [0.05, 0.1) is 5.69 Å². The average Bonchev–Trinajstić information content (AvgIpc) is 3.27. The lowest BCUT2D eigenvalue weighted by molar-refractivity contribution is -0.159. The number of rotatable bonds is 3. The molecule has 162 valence electrons. The Morgan fingerprint density at radius 2 is 1.81 bits per heavy atom. The molecule has 0 spiro atoms. The number of para-hydroxylation sites is 1. The molecule has 1 aromatic carbocycles. The lowest BCUT2D eigenvalue weighted by Gasteiger charge is -2.35. The van der Waals surface area contributed by atoms with E-state index in [2.05, 4.69) is 25.0 Å². The Hall–Kier alpha value is -3.70. The van der Waals surface area contributed by atoms with Crippen LogP contribution >= 0.6 is 0 Å². The van der Waals surface area contributed by atoms with Crippen LogP contribution in [0.5, 0.6) is 0 Å². The summed E-state index contributed by atoms with van der Waals surface area (Å²) in [6, 6.07) is 8.70. The van der Waals surface area contributed by atoms with Gasteiger partial charge in [-0.2, -0.15) is 18.2 Å². The molecular weight excluding hydrogens is 420 g/mol. The first-order chi connectivity index (χ1) is 14.8. The molecule has 3 heterocycles. The molecule has 1 aliphatic rings. The molecule has 0 bridgehead atoms. The molecular formula is C19H16F4N6O2. The van der Waals surface area contributed by atoms with Crippen LogP contribution in [0.2, 0.25) is 0 Å². The van der Waals surface area contributed by atoms with Crippen molar-refractivity contribution in [3.05, 3.63) is 54.3 Å². The Morgan fingerprint density at radius 1 is 1.06 bits per heavy atom. The molecule has 0 unspecified atom stereocenters. The Bertz CT molecular complexity index is 1060. The number of aromatic nitrogens is 3. The van der Waals surface area contributed by atoms with Crippen LogP contribution in [-0.2, 0) is 6.18 Å². The summed E-state index contributed by atoms with van der Waals surface area (Å²) in [7, 11) is 0. The van der Waals surface area contributed by atoms with Gasteiger partial charge >= 0.3 is 18.1 Å². The maximum atomic E-state index is 13.7. The van der Waals surface area contributed by atoms with Crippen molar-refractivity contribution in [3.63, 3.8) is 0 Å². The highest BCUT2D eigenvalue weighted by atomic mass is 19.4. The third-order valence-corrected chi connectivity index (χ3v) is 4.68. The van der Waals surface area contributed by atoms with Gasteiger partial charge in [-0.1, -0.05) is 17.3 Å². The number of piperazine rings is 1. The smallest absolute Gasteiger partial charge is 0.353 e. The van der Waals surface area contributed by atoms with Crippen molar-refractivity contribution in [1.82, 2.24) is 20.0 Å². The number of carbonyl (C=O) groups is 1. The van der Waals surface area contributed by atoms with E-state index in [1.165, 1.54) is 24.4 Å². The van der Waals surface area contributed by atoms with Crippen LogP contribution in [0.3, 0.4) is 0 Å². The highest BCUT2D eigenvalue weighted by Gasteiger charge is 2.38. The van der Waals surface area contributed by atoms with Crippen LogP contribution in [0.4, 0.5) is 33.9 Å². The molecule has 1 aliphatic heterocycles. The van der Waals surface area contributed by atoms with Gasteiger partial charge in [0.1, 0.15) is 11.6 Å². The van der Waals surface area contributed by atoms with E-state index in [1.54, 1.807) is 23.1 Å². The zero-order chi connectivity index (χ0) is 22.0. The number of benzene rings is 1. The second kappa shape index (κ2) is 8.20. The highest BCUT2D eigenvalue weighted by Crippen LogP contribution is 2.29. The van der Waals surface area contributed by atoms with E-state index in [4.69, 9.17) is 0 Å². The topological polar surface area (TPSA) is 87.4 Å². The van der Waals surface area contributed by atoms with E-state index in [0.29, 0.717) is 32.0 Å². The number of amides is 2. The molecule has 4 rings (SSSR count). The zero-order valence-electron chi connectivity index (χ0n) is 15.9. The Balaban J connectivity index is 1.35. The third-order valence-electron chi connectivity index (χ3n) is 4.68. The van der Waals surface area contributed by atoms with Crippen LogP contribution in [0.15, 0.2) is 47.1 Å². The van der Waals surface area contributed by atoms with Crippen molar-refractivity contribution < 1.29 is 26.9 Å². The predicted octanol–water partition coefficient (Wildman–Crippen LogP) is 3.64. The lowest BCUT2D eigenvalue weighted by Crippen LogP contribution is -2.50. The minimum atomic E-state index is -4.71. The minimum absolute atomic E-state index is 0.113. The van der Waals surface area contributed by atoms with Crippen molar-refractivity contribution in [2.24, 2.45) is 0 Å². The van der Waals surface area contributed by atoms with Crippen LogP contribution in [-0.4, -0.2) is 52.2 Å². The number of nitrogens with one attached hydrogen (secondary N) is 1. The van der Waals surface area contributed by atoms with E-state index in [0.717, 1.165) is 0 Å². The summed E-state index contributed by atoms with van der Waals surface area (Å²) in [6.07, 6.45) is -3.35. The largest absolute Gasteiger partial charge is 0.471 e. The van der Waals surface area contributed by atoms with Gasteiger partial charge in [0.2, 0.25) is 5.82 Å². The first-order valence-corrected chi connectivity index (χ1v) is 9.24. The summed E-state index contributed by atoms with van der Waals surface area (Å²) in [4.78, 5) is 23.4. The number of carbonyl (C=O) groups excluding carboxylic acids is 1. The van der Waals surface area contributed by atoms with E-state index in [1.807, 2.05) is 4.90 Å². The van der Waals surface area contributed by atoms with Crippen molar-refractivity contribution in [2.45, 2.75) is 6.18 Å². The molecule has 1 fully saturated rings. The number of anilines is 2. The molecule has 0 radical (unpaired) electrons. The van der Waals surface area contributed by atoms with Crippen molar-refractivity contribution in [1.29, 1.82) is 0 Å². The second-order valence-corrected chi connectivity index (χ2v) is 6.71. The standard InChI is InChI=1S/C19H16F4N6O2/c20-13-3-1-2-4-14(13)25-18(30)29-9-7-28(8-10-29)15-6-5-12(11-24-15)16-26-17(31-27-16)19(21,22)23/h1-6,11H,7-10H2,(H,25,30). The Morgan fingerprint density at radius 3 is 2.42 bits per heavy atom. The van der Waals surface area contributed by atoms with E-state index < -0.39 is 23.9 Å². The third kappa shape index (κ3) is 4.57. The first kappa shape index (κ1) is 20.6. The molecule has 3 aromatic rings. The number of urea groups is 1. The van der Waals surface area contributed by atoms with E-state index in [-0.39, 0.29) is 17.1 Å². The number of alkyl halides is 3. The van der Waals surface area contributed by atoms with Gasteiger partial charge in [-0.05, 0) is 24.3 Å². The van der Waals surface area contributed by atoms with Crippen LogP contribution < -0.4 is 10.2 Å². The first-order valence-electron chi connectivity index (χ1n) is 9.24. The second-order valence-electron chi connectivity index (χ2n) is 6.71. The fraction of sp³-hybridized carbons (Fsp3) is 0.263. The van der Waals surface area contributed by atoms with Gasteiger partial charge in [-0.3, -0.25) is 0 Å². The fourth-order valence-corrected chi connectivity index (χ4v) is 3.06. The fourth-order valence-electron chi connectivity index (χ4n) is 3.06. The van der Waals surface area contributed by atoms with Gasteiger partial charge < -0.3 is 19.6 Å². The SMILES string of the molecule is O=C(Nc1ccccc1F)N1CCN(c2ccc(-c3noc(C(F)(F)F)n3)cn2)CC1. The average molecular weight is 436 g/mol. The van der Waals surface area contributed by atoms with Crippen molar-refractivity contribution >= 4 is 17.5 Å². The number of hydrogen-bond donors (Lipinski definition) is 1. The number of hydrogen-bond acceptors (Lipinski definition) is 6. The number of halogens is 4. The molecule has 2 aromatic heterocycles. The molecule has 0 atom stereocenters. The summed E-state index contributed by atoms with van der Waals surface area (Å²) < 4.78 is 55.7. The summed E-state index contributed by atoms with van der Waals surface area (Å²) >= 11 is 0. The van der Waals surface area contributed by atoms with E-state index >= 15 is 0 Å². The monoisotopic (exact) mass is 436 g/mol. The number of pyridine rings is 1. The van der Waals surface area contributed by atoms with E-state index in [9.17, 15) is 22.4 Å². The van der Waals surface area contributed by atoms with Gasteiger partial charge in [-0.15, -0.1) is 0 Å². The van der Waals surface area contributed by atoms with Gasteiger partial charge in [-0.25, -0.2) is 14.2 Å². The van der Waals surface area contributed by atoms with Crippen LogP contribution in [0.25, 0.3) is 11.4 Å². The molecule has 1 saturated heterocycles. The van der Waals surface area contributed by atoms with Crippen LogP contribution in [0.1, 0.15) is 5.89 Å². The predicted molar refractivity (Wildman–Crippen MR) is 102 cm³/mol. The molecule has 1 N–H and O–H groups in total. The van der Waals surface area contributed by atoms with Crippen molar-refractivity contribution in [2.75, 3.05) is 36.4 Å². The summed E-state index contributed by atoms with van der Waals surface area (Å²) in [5.74, 6) is -1.54. The maximum Gasteiger partial charge on any atom is 0.471 e. The molecule has 2 amide bonds. The quantitative estimate of drug-likeness (QED) is 0.631. The Kier molecular flexibility index (Phi) is 5.44. The lowest BCUT2D eigenvalue weighted by atomic mass is 10.2. The van der Waals surface area contributed by atoms with Gasteiger partial charge in [0.25, 0.3) is 0 Å². The summed E-state index contributed by atoms with van der Waals surface area (Å²) in [5, 5.41) is 5.88. The normalized spacial score (nSPS) is 14.6. The van der Waals surface area contributed by atoms with Gasteiger partial charge in [0.15, 0.2) is 0 Å². The minimum Gasteiger partial charge on any atom is -0.353 e. The molecule has 0 saturated carbocycles. The zero-order valence-corrected chi connectivity index (χ0v) is 15.9. The highest BCUT2D eigenvalue weighted by molar-refractivity contribution is 5.89. The van der Waals surface area contributed by atoms with Gasteiger partial charge in [0, 0.05) is 37.9 Å². The molecule has 12 heteroatoms. The van der Waals surface area contributed by atoms with Crippen LogP contribution in [0, 0.1) is 5.82 Å². The van der Waals surface area contributed by atoms with Crippen molar-refractivity contribution in [3.8, 4) is 11.4 Å². The molecule has 31 heavy (non-hydrogen) atoms. The number of nitrogens with zero attached hydrogens (tertiary/aromatic N) is 5. The molecule has 8 nitrogen and oxygen atoms in total. The summed E-state index contributed by atoms with van der Waals surface area (Å²) in [5.41, 5.74) is 0.397. The summed E-state index contributed by atoms with van der Waals surface area (Å²) in [6.45, 7) is 1.75.